The third kappa shape index (κ3) is 2.44. The molecule has 0 amide bonds. The van der Waals surface area contributed by atoms with E-state index < -0.39 is 0 Å². The number of aromatic nitrogens is 2. The Kier molecular flexibility index (Phi) is 3.25. The average Bonchev–Trinajstić information content (AvgIpc) is 2.03. The van der Waals surface area contributed by atoms with Crippen molar-refractivity contribution >= 4 is 11.8 Å². The first-order valence-corrected chi connectivity index (χ1v) is 4.11. The van der Waals surface area contributed by atoms with E-state index in [-0.39, 0.29) is 5.82 Å². The fourth-order valence-corrected chi connectivity index (χ4v) is 1.19. The minimum absolute atomic E-state index is 0.366. The number of nitrogens with two attached hydrogens (primary N) is 1. The van der Waals surface area contributed by atoms with Gasteiger partial charge in [-0.2, -0.15) is 0 Å². The van der Waals surface area contributed by atoms with Crippen molar-refractivity contribution in [2.24, 2.45) is 5.73 Å². The van der Waals surface area contributed by atoms with Crippen molar-refractivity contribution in [2.45, 2.75) is 5.03 Å². The summed E-state index contributed by atoms with van der Waals surface area (Å²) in [7, 11) is 0. The third-order valence-electron chi connectivity index (χ3n) is 0.990. The van der Waals surface area contributed by atoms with Gasteiger partial charge in [0.1, 0.15) is 11.4 Å². The van der Waals surface area contributed by atoms with Gasteiger partial charge in [-0.3, -0.25) is 0 Å². The smallest absolute Gasteiger partial charge is 0.173 e. The fourth-order valence-electron chi connectivity index (χ4n) is 0.563. The van der Waals surface area contributed by atoms with Crippen molar-refractivity contribution in [2.75, 3.05) is 12.3 Å². The maximum Gasteiger partial charge on any atom is 0.173 e. The molecule has 60 valence electrons. The first-order valence-electron chi connectivity index (χ1n) is 3.13. The van der Waals surface area contributed by atoms with Crippen LogP contribution < -0.4 is 5.73 Å². The highest BCUT2D eigenvalue weighted by molar-refractivity contribution is 7.99. The predicted octanol–water partition coefficient (Wildman–Crippen LogP) is 0.667. The monoisotopic (exact) mass is 173 g/mol. The number of hydrogen-bond donors (Lipinski definition) is 1. The SMILES string of the molecule is NCCSc1ncncc1F. The van der Waals surface area contributed by atoms with E-state index in [1.807, 2.05) is 0 Å². The number of hydrogen-bond acceptors (Lipinski definition) is 4. The van der Waals surface area contributed by atoms with Crippen LogP contribution in [0.2, 0.25) is 0 Å². The molecule has 0 atom stereocenters. The molecule has 0 spiro atoms. The van der Waals surface area contributed by atoms with E-state index in [1.54, 1.807) is 0 Å². The lowest BCUT2D eigenvalue weighted by molar-refractivity contribution is 0.579. The van der Waals surface area contributed by atoms with Crippen LogP contribution in [-0.4, -0.2) is 22.3 Å². The van der Waals surface area contributed by atoms with Crippen LogP contribution in [0.1, 0.15) is 0 Å². The molecule has 0 bridgehead atoms. The van der Waals surface area contributed by atoms with Gasteiger partial charge in [0.15, 0.2) is 5.82 Å². The lowest BCUT2D eigenvalue weighted by Crippen LogP contribution is -2.02. The van der Waals surface area contributed by atoms with Crippen LogP contribution >= 0.6 is 11.8 Å². The highest BCUT2D eigenvalue weighted by atomic mass is 32.2. The first kappa shape index (κ1) is 8.42. The summed E-state index contributed by atoms with van der Waals surface area (Å²) in [6.45, 7) is 0.522. The van der Waals surface area contributed by atoms with E-state index in [0.29, 0.717) is 17.3 Å². The molecule has 3 nitrogen and oxygen atoms in total. The molecule has 1 rings (SSSR count). The number of halogens is 1. The van der Waals surface area contributed by atoms with Crippen molar-refractivity contribution < 1.29 is 4.39 Å². The molecule has 0 saturated heterocycles. The average molecular weight is 173 g/mol. The molecule has 0 aromatic carbocycles. The van der Waals surface area contributed by atoms with E-state index in [0.717, 1.165) is 6.20 Å². The van der Waals surface area contributed by atoms with Crippen LogP contribution in [0.3, 0.4) is 0 Å². The Morgan fingerprint density at radius 1 is 1.64 bits per heavy atom. The predicted molar refractivity (Wildman–Crippen MR) is 41.8 cm³/mol. The zero-order chi connectivity index (χ0) is 8.10. The van der Waals surface area contributed by atoms with Gasteiger partial charge in [-0.1, -0.05) is 0 Å². The van der Waals surface area contributed by atoms with Crippen molar-refractivity contribution in [3.8, 4) is 0 Å². The van der Waals surface area contributed by atoms with Gasteiger partial charge < -0.3 is 5.73 Å². The molecule has 11 heavy (non-hydrogen) atoms. The zero-order valence-corrected chi connectivity index (χ0v) is 6.64. The molecule has 0 radical (unpaired) electrons. The van der Waals surface area contributed by atoms with Crippen molar-refractivity contribution in [1.29, 1.82) is 0 Å². The van der Waals surface area contributed by atoms with Gasteiger partial charge in [-0.15, -0.1) is 11.8 Å². The van der Waals surface area contributed by atoms with E-state index in [9.17, 15) is 4.39 Å². The van der Waals surface area contributed by atoms with Gasteiger partial charge in [-0.05, 0) is 0 Å². The van der Waals surface area contributed by atoms with Gasteiger partial charge in [0.25, 0.3) is 0 Å². The maximum atomic E-state index is 12.7. The molecule has 0 aliphatic carbocycles. The summed E-state index contributed by atoms with van der Waals surface area (Å²) < 4.78 is 12.7. The second-order valence-electron chi connectivity index (χ2n) is 1.81. The largest absolute Gasteiger partial charge is 0.330 e. The van der Waals surface area contributed by atoms with E-state index >= 15 is 0 Å². The summed E-state index contributed by atoms with van der Waals surface area (Å²) >= 11 is 1.30. The number of rotatable bonds is 3. The molecule has 1 aromatic heterocycles. The Balaban J connectivity index is 2.62. The Labute approximate surface area is 68.2 Å². The van der Waals surface area contributed by atoms with Crippen LogP contribution in [0.15, 0.2) is 17.6 Å². The molecule has 0 unspecified atom stereocenters. The molecule has 1 aromatic rings. The highest BCUT2D eigenvalue weighted by Gasteiger charge is 2.01. The third-order valence-corrected chi connectivity index (χ3v) is 2.00. The second-order valence-corrected chi connectivity index (χ2v) is 2.90. The standard InChI is InChI=1S/C6H8FN3S/c7-5-3-9-4-10-6(5)11-2-1-8/h3-4H,1-2,8H2. The lowest BCUT2D eigenvalue weighted by Gasteiger charge is -1.97. The first-order chi connectivity index (χ1) is 5.34. The van der Waals surface area contributed by atoms with E-state index in [1.165, 1.54) is 18.1 Å². The van der Waals surface area contributed by atoms with Gasteiger partial charge >= 0.3 is 0 Å². The van der Waals surface area contributed by atoms with Gasteiger partial charge in [0.05, 0.1) is 6.20 Å². The van der Waals surface area contributed by atoms with E-state index in [4.69, 9.17) is 5.73 Å². The quantitative estimate of drug-likeness (QED) is 0.539. The summed E-state index contributed by atoms with van der Waals surface area (Å²) in [5.74, 6) is 0.291. The van der Waals surface area contributed by atoms with Crippen molar-refractivity contribution in [3.63, 3.8) is 0 Å². The molecule has 5 heteroatoms. The van der Waals surface area contributed by atoms with Crippen LogP contribution in [0.25, 0.3) is 0 Å². The molecule has 0 aliphatic heterocycles. The second kappa shape index (κ2) is 4.25. The van der Waals surface area contributed by atoms with Gasteiger partial charge in [-0.25, -0.2) is 14.4 Å². The van der Waals surface area contributed by atoms with Crippen LogP contribution in [0.4, 0.5) is 4.39 Å². The number of thioether (sulfide) groups is 1. The minimum atomic E-state index is -0.383. The van der Waals surface area contributed by atoms with E-state index in [2.05, 4.69) is 9.97 Å². The summed E-state index contributed by atoms with van der Waals surface area (Å²) in [6, 6.07) is 0. The topological polar surface area (TPSA) is 51.8 Å². The van der Waals surface area contributed by atoms with Crippen LogP contribution in [0.5, 0.6) is 0 Å². The van der Waals surface area contributed by atoms with Gasteiger partial charge in [0, 0.05) is 12.3 Å². The fraction of sp³-hybridized carbons (Fsp3) is 0.333. The highest BCUT2D eigenvalue weighted by Crippen LogP contribution is 2.15. The van der Waals surface area contributed by atoms with Crippen LogP contribution in [-0.2, 0) is 0 Å². The normalized spacial score (nSPS) is 10.0. The molecule has 0 aliphatic rings. The summed E-state index contributed by atoms with van der Waals surface area (Å²) in [5.41, 5.74) is 5.24. The maximum absolute atomic E-state index is 12.7. The molecule has 2 N–H and O–H groups in total. The summed E-state index contributed by atoms with van der Waals surface area (Å²) in [4.78, 5) is 7.26. The van der Waals surface area contributed by atoms with Crippen molar-refractivity contribution in [1.82, 2.24) is 9.97 Å². The summed E-state index contributed by atoms with van der Waals surface area (Å²) in [6.07, 6.45) is 2.47. The Hall–Kier alpha value is -0.680. The minimum Gasteiger partial charge on any atom is -0.330 e. The van der Waals surface area contributed by atoms with Crippen molar-refractivity contribution in [3.05, 3.63) is 18.3 Å². The Morgan fingerprint density at radius 3 is 3.09 bits per heavy atom. The molecule has 0 fully saturated rings. The number of nitrogens with zero attached hydrogens (tertiary/aromatic N) is 2. The lowest BCUT2D eigenvalue weighted by atomic mass is 10.6. The molecule has 0 saturated carbocycles. The Bertz CT molecular complexity index is 231. The summed E-state index contributed by atoms with van der Waals surface area (Å²) in [5, 5.41) is 0.366. The molecule has 1 heterocycles. The Morgan fingerprint density at radius 2 is 2.45 bits per heavy atom. The zero-order valence-electron chi connectivity index (χ0n) is 5.83. The van der Waals surface area contributed by atoms with Gasteiger partial charge in [0.2, 0.25) is 0 Å². The molecular formula is C6H8FN3S. The van der Waals surface area contributed by atoms with Crippen LogP contribution in [0, 0.1) is 5.82 Å². The molecular weight excluding hydrogens is 165 g/mol.